The molecule has 0 saturated carbocycles. The topological polar surface area (TPSA) is 79.9 Å². The van der Waals surface area contributed by atoms with Crippen LogP contribution in [-0.2, 0) is 19.1 Å². The molecule has 0 aromatic rings. The third kappa shape index (κ3) is 5.44. The molecular formula is C16H29N3O4. The van der Waals surface area contributed by atoms with Gasteiger partial charge in [0.2, 0.25) is 11.8 Å². The number of methoxy groups -OCH3 is 1. The highest BCUT2D eigenvalue weighted by atomic mass is 16.5. The van der Waals surface area contributed by atoms with Crippen molar-refractivity contribution in [3.8, 4) is 0 Å². The molecule has 0 bridgehead atoms. The first-order valence-electron chi connectivity index (χ1n) is 8.49. The van der Waals surface area contributed by atoms with E-state index < -0.39 is 0 Å². The average molecular weight is 327 g/mol. The van der Waals surface area contributed by atoms with Crippen LogP contribution in [0.2, 0.25) is 0 Å². The zero-order valence-corrected chi connectivity index (χ0v) is 14.2. The molecule has 132 valence electrons. The maximum atomic E-state index is 12.6. The van der Waals surface area contributed by atoms with E-state index >= 15 is 0 Å². The second kappa shape index (κ2) is 9.20. The van der Waals surface area contributed by atoms with Crippen LogP contribution in [0.1, 0.15) is 26.2 Å². The van der Waals surface area contributed by atoms with Crippen molar-refractivity contribution in [3.63, 3.8) is 0 Å². The van der Waals surface area contributed by atoms with Crippen LogP contribution in [0.5, 0.6) is 0 Å². The van der Waals surface area contributed by atoms with E-state index in [4.69, 9.17) is 9.47 Å². The summed E-state index contributed by atoms with van der Waals surface area (Å²) < 4.78 is 10.3. The fraction of sp³-hybridized carbons (Fsp3) is 0.875. The minimum atomic E-state index is -0.123. The number of morpholine rings is 1. The van der Waals surface area contributed by atoms with Crippen molar-refractivity contribution in [3.05, 3.63) is 0 Å². The predicted octanol–water partition coefficient (Wildman–Crippen LogP) is -0.245. The standard InChI is InChI=1S/C16H29N3O4/c1-12-3-4-13(16(21)18-5-7-22-2)10-19(12)15(20)9-14-11-23-8-6-17-14/h12-14,17H,3-11H2,1-2H3,(H,18,21). The zero-order valence-electron chi connectivity index (χ0n) is 14.2. The van der Waals surface area contributed by atoms with Crippen molar-refractivity contribution >= 4 is 11.8 Å². The zero-order chi connectivity index (χ0) is 16.7. The van der Waals surface area contributed by atoms with Crippen LogP contribution >= 0.6 is 0 Å². The quantitative estimate of drug-likeness (QED) is 0.658. The highest BCUT2D eigenvalue weighted by Crippen LogP contribution is 2.23. The van der Waals surface area contributed by atoms with Gasteiger partial charge in [0.15, 0.2) is 0 Å². The first-order chi connectivity index (χ1) is 11.1. The normalized spacial score (nSPS) is 28.4. The molecule has 2 fully saturated rings. The van der Waals surface area contributed by atoms with Crippen molar-refractivity contribution in [1.82, 2.24) is 15.5 Å². The van der Waals surface area contributed by atoms with E-state index in [-0.39, 0.29) is 29.8 Å². The molecule has 2 aliphatic rings. The Kier molecular flexibility index (Phi) is 7.26. The van der Waals surface area contributed by atoms with E-state index in [9.17, 15) is 9.59 Å². The van der Waals surface area contributed by atoms with E-state index in [1.165, 1.54) is 0 Å². The molecule has 0 aliphatic carbocycles. The van der Waals surface area contributed by atoms with Crippen molar-refractivity contribution < 1.29 is 19.1 Å². The maximum absolute atomic E-state index is 12.6. The summed E-state index contributed by atoms with van der Waals surface area (Å²) in [5.74, 6) is 0.00309. The third-order valence-electron chi connectivity index (χ3n) is 4.60. The lowest BCUT2D eigenvalue weighted by atomic mass is 9.92. The van der Waals surface area contributed by atoms with Crippen LogP contribution in [-0.4, -0.2) is 75.4 Å². The molecular weight excluding hydrogens is 298 g/mol. The van der Waals surface area contributed by atoms with Crippen molar-refractivity contribution in [2.45, 2.75) is 38.3 Å². The number of ether oxygens (including phenoxy) is 2. The molecule has 2 rings (SSSR count). The lowest BCUT2D eigenvalue weighted by Gasteiger charge is -2.38. The summed E-state index contributed by atoms with van der Waals surface area (Å²) >= 11 is 0. The molecule has 3 unspecified atom stereocenters. The number of hydrogen-bond acceptors (Lipinski definition) is 5. The fourth-order valence-corrected chi connectivity index (χ4v) is 3.17. The number of amides is 2. The van der Waals surface area contributed by atoms with Gasteiger partial charge in [-0.1, -0.05) is 0 Å². The van der Waals surface area contributed by atoms with Gasteiger partial charge in [0.1, 0.15) is 0 Å². The summed E-state index contributed by atoms with van der Waals surface area (Å²) in [7, 11) is 1.61. The molecule has 0 spiro atoms. The molecule has 2 heterocycles. The molecule has 2 saturated heterocycles. The Balaban J connectivity index is 1.84. The molecule has 23 heavy (non-hydrogen) atoms. The molecule has 2 amide bonds. The van der Waals surface area contributed by atoms with Gasteiger partial charge in [-0.2, -0.15) is 0 Å². The van der Waals surface area contributed by atoms with Crippen molar-refractivity contribution in [1.29, 1.82) is 0 Å². The SMILES string of the molecule is COCCNC(=O)C1CCC(C)N(C(=O)CC2COCCN2)C1. The highest BCUT2D eigenvalue weighted by molar-refractivity contribution is 5.81. The predicted molar refractivity (Wildman–Crippen MR) is 86.0 cm³/mol. The van der Waals surface area contributed by atoms with Gasteiger partial charge in [0.25, 0.3) is 0 Å². The second-order valence-electron chi connectivity index (χ2n) is 6.38. The van der Waals surface area contributed by atoms with Gasteiger partial charge in [-0.25, -0.2) is 0 Å². The molecule has 0 aromatic heterocycles. The van der Waals surface area contributed by atoms with Crippen LogP contribution in [0.4, 0.5) is 0 Å². The number of nitrogens with zero attached hydrogens (tertiary/aromatic N) is 1. The number of hydrogen-bond donors (Lipinski definition) is 2. The van der Waals surface area contributed by atoms with Gasteiger partial charge in [0, 0.05) is 45.2 Å². The second-order valence-corrected chi connectivity index (χ2v) is 6.38. The van der Waals surface area contributed by atoms with Crippen LogP contribution in [0.3, 0.4) is 0 Å². The van der Waals surface area contributed by atoms with Gasteiger partial charge >= 0.3 is 0 Å². The molecule has 0 aromatic carbocycles. The molecule has 2 aliphatic heterocycles. The van der Waals surface area contributed by atoms with E-state index in [0.717, 1.165) is 19.4 Å². The molecule has 2 N–H and O–H groups in total. The van der Waals surface area contributed by atoms with E-state index in [1.807, 2.05) is 4.90 Å². The molecule has 7 heteroatoms. The average Bonchev–Trinajstić information content (AvgIpc) is 2.56. The highest BCUT2D eigenvalue weighted by Gasteiger charge is 2.33. The van der Waals surface area contributed by atoms with Crippen molar-refractivity contribution in [2.75, 3.05) is 46.6 Å². The van der Waals surface area contributed by atoms with Gasteiger partial charge in [-0.05, 0) is 19.8 Å². The van der Waals surface area contributed by atoms with Gasteiger partial charge in [-0.3, -0.25) is 9.59 Å². The van der Waals surface area contributed by atoms with Gasteiger partial charge in [-0.15, -0.1) is 0 Å². The number of piperidine rings is 1. The first-order valence-corrected chi connectivity index (χ1v) is 8.49. The minimum Gasteiger partial charge on any atom is -0.383 e. The Bertz CT molecular complexity index is 399. The Hall–Kier alpha value is -1.18. The molecule has 0 radical (unpaired) electrons. The van der Waals surface area contributed by atoms with E-state index in [1.54, 1.807) is 7.11 Å². The van der Waals surface area contributed by atoms with Crippen LogP contribution < -0.4 is 10.6 Å². The molecule has 3 atom stereocenters. The lowest BCUT2D eigenvalue weighted by Crippen LogP contribution is -2.52. The number of nitrogens with one attached hydrogen (secondary N) is 2. The number of carbonyl (C=O) groups excluding carboxylic acids is 2. The Morgan fingerprint density at radius 3 is 2.91 bits per heavy atom. The summed E-state index contributed by atoms with van der Waals surface area (Å²) in [6.45, 7) is 5.65. The minimum absolute atomic E-state index is 0.0193. The Labute approximate surface area is 138 Å². The number of likely N-dealkylation sites (tertiary alicyclic amines) is 1. The monoisotopic (exact) mass is 327 g/mol. The third-order valence-corrected chi connectivity index (χ3v) is 4.60. The summed E-state index contributed by atoms with van der Waals surface area (Å²) in [6.07, 6.45) is 2.12. The van der Waals surface area contributed by atoms with Gasteiger partial charge in [0.05, 0.1) is 25.7 Å². The van der Waals surface area contributed by atoms with Crippen LogP contribution in [0.25, 0.3) is 0 Å². The summed E-state index contributed by atoms with van der Waals surface area (Å²) in [5, 5.41) is 6.18. The van der Waals surface area contributed by atoms with Crippen LogP contribution in [0.15, 0.2) is 0 Å². The van der Waals surface area contributed by atoms with E-state index in [0.29, 0.717) is 39.3 Å². The number of rotatable bonds is 6. The summed E-state index contributed by atoms with van der Waals surface area (Å²) in [4.78, 5) is 26.6. The number of carbonyl (C=O) groups is 2. The summed E-state index contributed by atoms with van der Waals surface area (Å²) in [5.41, 5.74) is 0. The lowest BCUT2D eigenvalue weighted by molar-refractivity contribution is -0.139. The Morgan fingerprint density at radius 1 is 1.39 bits per heavy atom. The largest absolute Gasteiger partial charge is 0.383 e. The summed E-state index contributed by atoms with van der Waals surface area (Å²) in [6, 6.07) is 0.273. The Morgan fingerprint density at radius 2 is 2.22 bits per heavy atom. The first kappa shape index (κ1) is 18.2. The maximum Gasteiger partial charge on any atom is 0.224 e. The van der Waals surface area contributed by atoms with Gasteiger partial charge < -0.3 is 25.0 Å². The van der Waals surface area contributed by atoms with E-state index in [2.05, 4.69) is 17.6 Å². The smallest absolute Gasteiger partial charge is 0.224 e. The molecule has 7 nitrogen and oxygen atoms in total. The van der Waals surface area contributed by atoms with Crippen LogP contribution in [0, 0.1) is 5.92 Å². The van der Waals surface area contributed by atoms with Crippen molar-refractivity contribution in [2.24, 2.45) is 5.92 Å². The fourth-order valence-electron chi connectivity index (χ4n) is 3.17.